The molecule has 2 aromatic carbocycles. The lowest BCUT2D eigenvalue weighted by Gasteiger charge is -2.31. The first-order valence-corrected chi connectivity index (χ1v) is 14.5. The highest BCUT2D eigenvalue weighted by atomic mass is 32.2. The van der Waals surface area contributed by atoms with Gasteiger partial charge < -0.3 is 4.98 Å². The average molecular weight is 534 g/mol. The van der Waals surface area contributed by atoms with Gasteiger partial charge in [0.25, 0.3) is 0 Å². The number of aryl methyl sites for hydroxylation is 1. The number of pyridine rings is 1. The maximum absolute atomic E-state index is 15.2. The second kappa shape index (κ2) is 9.21. The highest BCUT2D eigenvalue weighted by molar-refractivity contribution is 7.91. The van der Waals surface area contributed by atoms with Crippen LogP contribution in [0.4, 0.5) is 4.39 Å². The number of piperidine rings is 1. The van der Waals surface area contributed by atoms with Crippen molar-refractivity contribution in [1.29, 1.82) is 0 Å². The molecular weight excluding hydrogens is 505 g/mol. The normalized spacial score (nSPS) is 15.6. The summed E-state index contributed by atoms with van der Waals surface area (Å²) in [5.41, 5.74) is 4.61. The van der Waals surface area contributed by atoms with Crippen molar-refractivity contribution in [1.82, 2.24) is 24.0 Å². The standard InChI is InChI=1S/C28H28FN5O3S/c1-32-25-16-30-27-22(26(25)34(28(32)35)20-6-4-3-5-7-20)15-24(31-27)18-8-9-19(23(29)14-18)17-33-12-10-21(11-13-33)38(2,36)37/h3-9,14-16,21H,10-13,17H2,1-2H3,(H,30,31). The third-order valence-electron chi connectivity index (χ3n) is 7.59. The van der Waals surface area contributed by atoms with Gasteiger partial charge in [0.05, 0.1) is 28.2 Å². The number of imidazole rings is 1. The van der Waals surface area contributed by atoms with Crippen molar-refractivity contribution >= 4 is 31.9 Å². The molecule has 0 saturated carbocycles. The second-order valence-electron chi connectivity index (χ2n) is 10.1. The van der Waals surface area contributed by atoms with Gasteiger partial charge in [0.1, 0.15) is 21.3 Å². The van der Waals surface area contributed by atoms with Crippen LogP contribution in [-0.4, -0.2) is 57.0 Å². The number of para-hydroxylation sites is 1. The molecule has 0 atom stereocenters. The van der Waals surface area contributed by atoms with Crippen LogP contribution in [0, 0.1) is 5.82 Å². The number of aromatic amines is 1. The molecule has 6 rings (SSSR count). The van der Waals surface area contributed by atoms with Crippen LogP contribution in [0.1, 0.15) is 18.4 Å². The first kappa shape index (κ1) is 24.6. The molecule has 1 aliphatic rings. The molecule has 0 amide bonds. The van der Waals surface area contributed by atoms with Crippen LogP contribution in [0.15, 0.2) is 65.6 Å². The smallest absolute Gasteiger partial charge is 0.333 e. The second-order valence-corrected chi connectivity index (χ2v) is 12.4. The average Bonchev–Trinajstić information content (AvgIpc) is 3.45. The molecule has 1 fully saturated rings. The number of nitrogens with zero attached hydrogens (tertiary/aromatic N) is 4. The number of benzene rings is 2. The van der Waals surface area contributed by atoms with E-state index in [0.29, 0.717) is 60.5 Å². The molecule has 0 radical (unpaired) electrons. The van der Waals surface area contributed by atoms with Crippen molar-refractivity contribution < 1.29 is 12.8 Å². The first-order chi connectivity index (χ1) is 18.2. The maximum Gasteiger partial charge on any atom is 0.333 e. The summed E-state index contributed by atoms with van der Waals surface area (Å²) in [5, 5.41) is 0.466. The number of hydrogen-bond donors (Lipinski definition) is 1. The lowest BCUT2D eigenvalue weighted by Crippen LogP contribution is -2.38. The summed E-state index contributed by atoms with van der Waals surface area (Å²) < 4.78 is 42.1. The van der Waals surface area contributed by atoms with Crippen LogP contribution in [0.5, 0.6) is 0 Å². The summed E-state index contributed by atoms with van der Waals surface area (Å²) in [5.74, 6) is -0.314. The Morgan fingerprint density at radius 3 is 2.50 bits per heavy atom. The van der Waals surface area contributed by atoms with Crippen molar-refractivity contribution in [3.05, 3.63) is 82.7 Å². The Balaban J connectivity index is 1.33. The fourth-order valence-electron chi connectivity index (χ4n) is 5.43. The molecule has 1 aliphatic heterocycles. The van der Waals surface area contributed by atoms with E-state index in [1.54, 1.807) is 28.4 Å². The Morgan fingerprint density at radius 1 is 1.08 bits per heavy atom. The number of H-pyrrole nitrogens is 1. The summed E-state index contributed by atoms with van der Waals surface area (Å²) in [6, 6.07) is 16.5. The van der Waals surface area contributed by atoms with Gasteiger partial charge in [-0.2, -0.15) is 0 Å². The molecule has 10 heteroatoms. The van der Waals surface area contributed by atoms with Crippen molar-refractivity contribution in [3.63, 3.8) is 0 Å². The predicted molar refractivity (Wildman–Crippen MR) is 147 cm³/mol. The summed E-state index contributed by atoms with van der Waals surface area (Å²) in [6.07, 6.45) is 4.11. The Morgan fingerprint density at radius 2 is 1.82 bits per heavy atom. The Hall–Kier alpha value is -3.76. The van der Waals surface area contributed by atoms with Gasteiger partial charge in [-0.15, -0.1) is 0 Å². The molecule has 4 heterocycles. The van der Waals surface area contributed by atoms with E-state index >= 15 is 4.39 Å². The molecule has 38 heavy (non-hydrogen) atoms. The number of halogens is 1. The summed E-state index contributed by atoms with van der Waals surface area (Å²) >= 11 is 0. The summed E-state index contributed by atoms with van der Waals surface area (Å²) in [4.78, 5) is 23.0. The van der Waals surface area contributed by atoms with Crippen LogP contribution in [0.25, 0.3) is 39.0 Å². The van der Waals surface area contributed by atoms with Gasteiger partial charge in [-0.05, 0) is 50.2 Å². The molecule has 5 aromatic rings. The van der Waals surface area contributed by atoms with Crippen molar-refractivity contribution in [2.75, 3.05) is 19.3 Å². The van der Waals surface area contributed by atoms with Crippen LogP contribution in [0.2, 0.25) is 0 Å². The highest BCUT2D eigenvalue weighted by Crippen LogP contribution is 2.31. The number of nitrogens with one attached hydrogen (secondary N) is 1. The Kier molecular flexibility index (Phi) is 5.96. The predicted octanol–water partition coefficient (Wildman–Crippen LogP) is 4.02. The van der Waals surface area contributed by atoms with Crippen LogP contribution in [0.3, 0.4) is 0 Å². The SMILES string of the molecule is Cn1c(=O)n(-c2ccccc2)c2c3cc(-c4ccc(CN5CCC(S(C)(=O)=O)CC5)c(F)c4)[nH]c3ncc21. The van der Waals surface area contributed by atoms with E-state index in [0.717, 1.165) is 16.6 Å². The van der Waals surface area contributed by atoms with Crippen LogP contribution in [-0.2, 0) is 23.4 Å². The molecule has 0 unspecified atom stereocenters. The molecule has 3 aromatic heterocycles. The molecule has 0 spiro atoms. The summed E-state index contributed by atoms with van der Waals surface area (Å²) in [6.45, 7) is 1.69. The van der Waals surface area contributed by atoms with Gasteiger partial charge in [-0.3, -0.25) is 14.0 Å². The monoisotopic (exact) mass is 533 g/mol. The highest BCUT2D eigenvalue weighted by Gasteiger charge is 2.27. The van der Waals surface area contributed by atoms with E-state index in [2.05, 4.69) is 14.9 Å². The minimum absolute atomic E-state index is 0.167. The number of rotatable bonds is 5. The zero-order valence-corrected chi connectivity index (χ0v) is 22.0. The Bertz CT molecular complexity index is 1830. The molecule has 196 valence electrons. The first-order valence-electron chi connectivity index (χ1n) is 12.6. The molecule has 0 aliphatic carbocycles. The fraction of sp³-hybridized carbons (Fsp3) is 0.286. The van der Waals surface area contributed by atoms with Crippen molar-refractivity contribution in [3.8, 4) is 16.9 Å². The maximum atomic E-state index is 15.2. The van der Waals surface area contributed by atoms with Crippen molar-refractivity contribution in [2.45, 2.75) is 24.6 Å². The molecule has 1 N–H and O–H groups in total. The topological polar surface area (TPSA) is 93.0 Å². The van der Waals surface area contributed by atoms with Gasteiger partial charge in [0, 0.05) is 42.1 Å². The van der Waals surface area contributed by atoms with E-state index < -0.39 is 9.84 Å². The number of aromatic nitrogens is 4. The molecular formula is C28H28FN5O3S. The minimum atomic E-state index is -3.04. The van der Waals surface area contributed by atoms with E-state index in [4.69, 9.17) is 0 Å². The van der Waals surface area contributed by atoms with Gasteiger partial charge in [-0.25, -0.2) is 22.6 Å². The molecule has 8 nitrogen and oxygen atoms in total. The van der Waals surface area contributed by atoms with Gasteiger partial charge in [-0.1, -0.05) is 30.3 Å². The number of sulfone groups is 1. The summed E-state index contributed by atoms with van der Waals surface area (Å²) in [7, 11) is -1.32. The zero-order chi connectivity index (χ0) is 26.6. The number of hydrogen-bond acceptors (Lipinski definition) is 5. The van der Waals surface area contributed by atoms with E-state index in [1.807, 2.05) is 42.5 Å². The van der Waals surface area contributed by atoms with Gasteiger partial charge >= 0.3 is 5.69 Å². The minimum Gasteiger partial charge on any atom is -0.339 e. The largest absolute Gasteiger partial charge is 0.339 e. The van der Waals surface area contributed by atoms with Crippen molar-refractivity contribution in [2.24, 2.45) is 7.05 Å². The molecule has 1 saturated heterocycles. The number of fused-ring (bicyclic) bond motifs is 3. The zero-order valence-electron chi connectivity index (χ0n) is 21.2. The Labute approximate surface area is 219 Å². The third-order valence-corrected chi connectivity index (χ3v) is 9.27. The third kappa shape index (κ3) is 4.23. The molecule has 0 bridgehead atoms. The lowest BCUT2D eigenvalue weighted by molar-refractivity contribution is 0.219. The van der Waals surface area contributed by atoms with Crippen LogP contribution < -0.4 is 5.69 Å². The quantitative estimate of drug-likeness (QED) is 0.368. The van der Waals surface area contributed by atoms with Gasteiger partial charge in [0.2, 0.25) is 0 Å². The number of likely N-dealkylation sites (tertiary alicyclic amines) is 1. The van der Waals surface area contributed by atoms with E-state index in [1.165, 1.54) is 12.3 Å². The fourth-order valence-corrected chi connectivity index (χ4v) is 6.50. The lowest BCUT2D eigenvalue weighted by atomic mass is 10.1. The van der Waals surface area contributed by atoms with E-state index in [-0.39, 0.29) is 16.8 Å². The van der Waals surface area contributed by atoms with E-state index in [9.17, 15) is 13.2 Å². The van der Waals surface area contributed by atoms with Crippen LogP contribution >= 0.6 is 0 Å². The van der Waals surface area contributed by atoms with Gasteiger partial charge in [0.15, 0.2) is 0 Å².